The number of para-hydroxylation sites is 1. The lowest BCUT2D eigenvalue weighted by atomic mass is 10.1. The number of likely N-dealkylation sites (N-methyl/N-ethyl adjacent to an activating group) is 1. The van der Waals surface area contributed by atoms with Gasteiger partial charge in [0, 0.05) is 51.5 Å². The number of ether oxygens (including phenoxy) is 1. The van der Waals surface area contributed by atoms with E-state index in [1.807, 2.05) is 0 Å². The predicted octanol–water partition coefficient (Wildman–Crippen LogP) is 1.41. The van der Waals surface area contributed by atoms with E-state index in [9.17, 15) is 5.11 Å². The molecule has 1 aromatic carbocycles. The van der Waals surface area contributed by atoms with Gasteiger partial charge >= 0.3 is 0 Å². The summed E-state index contributed by atoms with van der Waals surface area (Å²) in [5.41, 5.74) is 2.73. The fraction of sp³-hybridized carbons (Fsp3) is 0.684. The third-order valence-corrected chi connectivity index (χ3v) is 4.97. The Kier molecular flexibility index (Phi) is 6.49. The van der Waals surface area contributed by atoms with Gasteiger partial charge in [0.2, 0.25) is 0 Å². The quantitative estimate of drug-likeness (QED) is 0.817. The van der Waals surface area contributed by atoms with Crippen LogP contribution < -0.4 is 4.90 Å². The Morgan fingerprint density at radius 3 is 2.58 bits per heavy atom. The lowest BCUT2D eigenvalue weighted by Crippen LogP contribution is -2.44. The van der Waals surface area contributed by atoms with Crippen LogP contribution in [0.25, 0.3) is 0 Å². The van der Waals surface area contributed by atoms with Crippen molar-refractivity contribution in [1.29, 1.82) is 0 Å². The van der Waals surface area contributed by atoms with Crippen molar-refractivity contribution in [2.45, 2.75) is 25.5 Å². The van der Waals surface area contributed by atoms with Crippen LogP contribution in [0.3, 0.4) is 0 Å². The average molecular weight is 333 g/mol. The summed E-state index contributed by atoms with van der Waals surface area (Å²) < 4.78 is 5.36. The molecular formula is C19H31N3O2. The van der Waals surface area contributed by atoms with Gasteiger partial charge in [-0.3, -0.25) is 9.80 Å². The van der Waals surface area contributed by atoms with E-state index in [-0.39, 0.29) is 6.10 Å². The number of anilines is 1. The molecule has 2 heterocycles. The van der Waals surface area contributed by atoms with E-state index in [1.165, 1.54) is 37.2 Å². The second-order valence-corrected chi connectivity index (χ2v) is 7.09. The van der Waals surface area contributed by atoms with Gasteiger partial charge in [0.25, 0.3) is 0 Å². The number of β-amino-alcohol motifs (C(OH)–C–C–N with tert-alkyl or cyclic N) is 1. The SMILES string of the molecule is CN(Cc1ccccc1N1CCCC1)CC(O)CN1CCOCC1. The number of morpholine rings is 1. The maximum Gasteiger partial charge on any atom is 0.0793 e. The van der Waals surface area contributed by atoms with Gasteiger partial charge in [-0.1, -0.05) is 18.2 Å². The van der Waals surface area contributed by atoms with Crippen LogP contribution in [-0.2, 0) is 11.3 Å². The van der Waals surface area contributed by atoms with Gasteiger partial charge in [0.1, 0.15) is 0 Å². The Balaban J connectivity index is 1.51. The highest BCUT2D eigenvalue weighted by Gasteiger charge is 2.18. The topological polar surface area (TPSA) is 39.2 Å². The zero-order chi connectivity index (χ0) is 16.8. The molecule has 3 rings (SSSR count). The molecule has 0 spiro atoms. The van der Waals surface area contributed by atoms with Crippen molar-refractivity contribution >= 4 is 5.69 Å². The number of aliphatic hydroxyl groups excluding tert-OH is 1. The highest BCUT2D eigenvalue weighted by atomic mass is 16.5. The average Bonchev–Trinajstić information content (AvgIpc) is 3.10. The van der Waals surface area contributed by atoms with Crippen LogP contribution in [0.5, 0.6) is 0 Å². The van der Waals surface area contributed by atoms with Gasteiger partial charge in [-0.25, -0.2) is 0 Å². The van der Waals surface area contributed by atoms with Crippen LogP contribution in [0.15, 0.2) is 24.3 Å². The summed E-state index contributed by atoms with van der Waals surface area (Å²) in [4.78, 5) is 7.02. The Hall–Kier alpha value is -1.14. The van der Waals surface area contributed by atoms with Crippen LogP contribution in [0.1, 0.15) is 18.4 Å². The summed E-state index contributed by atoms with van der Waals surface area (Å²) in [6, 6.07) is 8.70. The Morgan fingerprint density at radius 1 is 1.12 bits per heavy atom. The van der Waals surface area contributed by atoms with E-state index in [2.05, 4.69) is 46.0 Å². The molecule has 1 atom stereocenters. The monoisotopic (exact) mass is 333 g/mol. The maximum absolute atomic E-state index is 10.4. The zero-order valence-corrected chi connectivity index (χ0v) is 14.9. The molecular weight excluding hydrogens is 302 g/mol. The van der Waals surface area contributed by atoms with E-state index in [0.29, 0.717) is 6.54 Å². The van der Waals surface area contributed by atoms with E-state index in [1.54, 1.807) is 0 Å². The van der Waals surface area contributed by atoms with Crippen LogP contribution in [-0.4, -0.2) is 80.5 Å². The molecule has 1 aromatic rings. The molecule has 2 aliphatic heterocycles. The van der Waals surface area contributed by atoms with E-state index >= 15 is 0 Å². The second-order valence-electron chi connectivity index (χ2n) is 7.09. The molecule has 134 valence electrons. The summed E-state index contributed by atoms with van der Waals surface area (Å²) in [6.07, 6.45) is 2.28. The molecule has 0 aromatic heterocycles. The molecule has 0 radical (unpaired) electrons. The third kappa shape index (κ3) is 4.93. The van der Waals surface area contributed by atoms with Crippen LogP contribution in [0, 0.1) is 0 Å². The van der Waals surface area contributed by atoms with Crippen LogP contribution >= 0.6 is 0 Å². The van der Waals surface area contributed by atoms with Gasteiger partial charge in [0.05, 0.1) is 19.3 Å². The fourth-order valence-corrected chi connectivity index (χ4v) is 3.77. The van der Waals surface area contributed by atoms with Crippen LogP contribution in [0.4, 0.5) is 5.69 Å². The first kappa shape index (κ1) is 17.7. The second kappa shape index (κ2) is 8.81. The minimum atomic E-state index is -0.313. The fourth-order valence-electron chi connectivity index (χ4n) is 3.77. The lowest BCUT2D eigenvalue weighted by molar-refractivity contribution is 0.00826. The normalized spacial score (nSPS) is 20.7. The lowest BCUT2D eigenvalue weighted by Gasteiger charge is -2.30. The highest BCUT2D eigenvalue weighted by Crippen LogP contribution is 2.25. The van der Waals surface area contributed by atoms with Gasteiger partial charge in [0.15, 0.2) is 0 Å². The summed E-state index contributed by atoms with van der Waals surface area (Å²) in [5, 5.41) is 10.4. The summed E-state index contributed by atoms with van der Waals surface area (Å²) in [7, 11) is 2.10. The molecule has 0 bridgehead atoms. The molecule has 2 fully saturated rings. The number of hydrogen-bond donors (Lipinski definition) is 1. The van der Waals surface area contributed by atoms with E-state index in [0.717, 1.165) is 39.4 Å². The Morgan fingerprint density at radius 2 is 1.83 bits per heavy atom. The van der Waals surface area contributed by atoms with Crippen molar-refractivity contribution in [2.24, 2.45) is 0 Å². The van der Waals surface area contributed by atoms with Gasteiger partial charge in [-0.05, 0) is 31.5 Å². The first-order chi connectivity index (χ1) is 11.7. The molecule has 2 saturated heterocycles. The smallest absolute Gasteiger partial charge is 0.0793 e. The number of hydrogen-bond acceptors (Lipinski definition) is 5. The number of rotatable bonds is 7. The molecule has 5 nitrogen and oxygen atoms in total. The molecule has 1 N–H and O–H groups in total. The first-order valence-electron chi connectivity index (χ1n) is 9.22. The molecule has 0 saturated carbocycles. The van der Waals surface area contributed by atoms with Crippen molar-refractivity contribution in [2.75, 3.05) is 64.4 Å². The predicted molar refractivity (Wildman–Crippen MR) is 97.5 cm³/mol. The van der Waals surface area contributed by atoms with Crippen molar-refractivity contribution in [3.63, 3.8) is 0 Å². The van der Waals surface area contributed by atoms with Gasteiger partial charge < -0.3 is 14.7 Å². The zero-order valence-electron chi connectivity index (χ0n) is 14.9. The maximum atomic E-state index is 10.4. The van der Waals surface area contributed by atoms with E-state index < -0.39 is 0 Å². The summed E-state index contributed by atoms with van der Waals surface area (Å²) in [5.74, 6) is 0. The molecule has 0 amide bonds. The van der Waals surface area contributed by atoms with Gasteiger partial charge in [-0.2, -0.15) is 0 Å². The van der Waals surface area contributed by atoms with Crippen molar-refractivity contribution in [3.8, 4) is 0 Å². The first-order valence-corrected chi connectivity index (χ1v) is 9.22. The highest BCUT2D eigenvalue weighted by molar-refractivity contribution is 5.54. The molecule has 1 unspecified atom stereocenters. The standard InChI is InChI=1S/C19H31N3O2/c1-20(15-18(23)16-21-10-12-24-13-11-21)14-17-6-2-3-7-19(17)22-8-4-5-9-22/h2-3,6-7,18,23H,4-5,8-16H2,1H3. The Bertz CT molecular complexity index is 499. The molecule has 24 heavy (non-hydrogen) atoms. The summed E-state index contributed by atoms with van der Waals surface area (Å²) >= 11 is 0. The minimum Gasteiger partial charge on any atom is -0.390 e. The molecule has 0 aliphatic carbocycles. The van der Waals surface area contributed by atoms with Gasteiger partial charge in [-0.15, -0.1) is 0 Å². The summed E-state index contributed by atoms with van der Waals surface area (Å²) in [6.45, 7) is 8.08. The van der Waals surface area contributed by atoms with Crippen LogP contribution in [0.2, 0.25) is 0 Å². The largest absolute Gasteiger partial charge is 0.390 e. The van der Waals surface area contributed by atoms with Crippen molar-refractivity contribution < 1.29 is 9.84 Å². The Labute approximate surface area is 145 Å². The third-order valence-electron chi connectivity index (χ3n) is 4.97. The number of nitrogens with zero attached hydrogens (tertiary/aromatic N) is 3. The van der Waals surface area contributed by atoms with Crippen molar-refractivity contribution in [3.05, 3.63) is 29.8 Å². The van der Waals surface area contributed by atoms with Crippen molar-refractivity contribution in [1.82, 2.24) is 9.80 Å². The van der Waals surface area contributed by atoms with E-state index in [4.69, 9.17) is 4.74 Å². The number of benzene rings is 1. The molecule has 2 aliphatic rings. The number of aliphatic hydroxyl groups is 1. The minimum absolute atomic E-state index is 0.313. The molecule has 5 heteroatoms.